The number of likely N-dealkylation sites (N-methyl/N-ethyl adjacent to an activating group) is 1. The minimum absolute atomic E-state index is 0.604. The lowest BCUT2D eigenvalue weighted by atomic mass is 10.1. The van der Waals surface area contributed by atoms with Gasteiger partial charge in [-0.1, -0.05) is 61.0 Å². The molecule has 152 valence electrons. The third kappa shape index (κ3) is 5.04. The molecule has 0 amide bonds. The molecule has 29 heavy (non-hydrogen) atoms. The van der Waals surface area contributed by atoms with Gasteiger partial charge in [0.1, 0.15) is 11.4 Å². The minimum atomic E-state index is 0.604. The van der Waals surface area contributed by atoms with E-state index in [4.69, 9.17) is 21.8 Å². The Morgan fingerprint density at radius 2 is 1.97 bits per heavy atom. The molecule has 0 bridgehead atoms. The Morgan fingerprint density at radius 1 is 1.10 bits per heavy atom. The quantitative estimate of drug-likeness (QED) is 0.605. The first-order chi connectivity index (χ1) is 14.2. The molecular formula is C23H28ClN5. The molecule has 1 saturated heterocycles. The molecule has 0 radical (unpaired) electrons. The van der Waals surface area contributed by atoms with Crippen LogP contribution in [0.1, 0.15) is 31.0 Å². The molecule has 1 atom stereocenters. The van der Waals surface area contributed by atoms with Crippen LogP contribution in [0, 0.1) is 0 Å². The second-order valence-corrected chi connectivity index (χ2v) is 8.01. The maximum atomic E-state index is 6.13. The summed E-state index contributed by atoms with van der Waals surface area (Å²) in [5, 5.41) is 14.0. The van der Waals surface area contributed by atoms with Crippen molar-refractivity contribution < 1.29 is 0 Å². The summed E-state index contributed by atoms with van der Waals surface area (Å²) < 4.78 is 0. The van der Waals surface area contributed by atoms with E-state index in [0.717, 1.165) is 40.6 Å². The van der Waals surface area contributed by atoms with Crippen LogP contribution in [0.15, 0.2) is 54.6 Å². The number of aromatic nitrogens is 3. The van der Waals surface area contributed by atoms with Gasteiger partial charge in [0.25, 0.3) is 0 Å². The van der Waals surface area contributed by atoms with E-state index in [1.807, 2.05) is 36.4 Å². The van der Waals surface area contributed by atoms with E-state index in [9.17, 15) is 0 Å². The number of hydrogen-bond donors (Lipinski definition) is 1. The Kier molecular flexibility index (Phi) is 6.60. The lowest BCUT2D eigenvalue weighted by Crippen LogP contribution is -2.37. The zero-order chi connectivity index (χ0) is 20.1. The van der Waals surface area contributed by atoms with Crippen molar-refractivity contribution in [1.29, 1.82) is 0 Å². The maximum absolute atomic E-state index is 6.13. The monoisotopic (exact) mass is 409 g/mol. The van der Waals surface area contributed by atoms with Gasteiger partial charge < -0.3 is 5.32 Å². The van der Waals surface area contributed by atoms with E-state index < -0.39 is 0 Å². The number of rotatable bonds is 8. The zero-order valence-corrected chi connectivity index (χ0v) is 17.6. The standard InChI is InChI=1S/C23H28ClN5/c1-2-28-13-7-12-21(28)15-25-16-22-23(19-9-4-3-5-10-19)27-29(26-22)17-18-8-6-11-20(24)14-18/h3-6,8-11,14,21,25H,2,7,12-13,15-17H2,1H3/t21-/m1/s1. The van der Waals surface area contributed by atoms with E-state index in [0.29, 0.717) is 19.1 Å². The van der Waals surface area contributed by atoms with Crippen molar-refractivity contribution in [3.63, 3.8) is 0 Å². The van der Waals surface area contributed by atoms with Crippen molar-refractivity contribution in [2.45, 2.75) is 38.9 Å². The van der Waals surface area contributed by atoms with Crippen molar-refractivity contribution in [3.05, 3.63) is 70.9 Å². The summed E-state index contributed by atoms with van der Waals surface area (Å²) in [5.41, 5.74) is 4.12. The Balaban J connectivity index is 1.50. The normalized spacial score (nSPS) is 17.1. The highest BCUT2D eigenvalue weighted by molar-refractivity contribution is 6.30. The van der Waals surface area contributed by atoms with Crippen molar-refractivity contribution in [2.24, 2.45) is 0 Å². The van der Waals surface area contributed by atoms with Crippen LogP contribution < -0.4 is 5.32 Å². The first-order valence-corrected chi connectivity index (χ1v) is 10.8. The first-order valence-electron chi connectivity index (χ1n) is 10.4. The van der Waals surface area contributed by atoms with Gasteiger partial charge in [-0.2, -0.15) is 15.0 Å². The molecule has 4 rings (SSSR count). The van der Waals surface area contributed by atoms with E-state index in [1.54, 1.807) is 4.80 Å². The van der Waals surface area contributed by atoms with Crippen LogP contribution in [0.25, 0.3) is 11.3 Å². The summed E-state index contributed by atoms with van der Waals surface area (Å²) in [6.07, 6.45) is 2.57. The predicted octanol–water partition coefficient (Wildman–Crippen LogP) is 4.22. The molecule has 1 fully saturated rings. The van der Waals surface area contributed by atoms with Crippen LogP contribution >= 0.6 is 11.6 Å². The molecule has 0 spiro atoms. The Bertz CT molecular complexity index is 924. The number of hydrogen-bond acceptors (Lipinski definition) is 4. The highest BCUT2D eigenvalue weighted by Gasteiger charge is 2.22. The van der Waals surface area contributed by atoms with Crippen molar-refractivity contribution in [1.82, 2.24) is 25.2 Å². The fourth-order valence-electron chi connectivity index (χ4n) is 4.09. The Morgan fingerprint density at radius 3 is 2.76 bits per heavy atom. The van der Waals surface area contributed by atoms with Crippen LogP contribution in [-0.2, 0) is 13.1 Å². The molecular weight excluding hydrogens is 382 g/mol. The fourth-order valence-corrected chi connectivity index (χ4v) is 4.30. The molecule has 0 aliphatic carbocycles. The minimum Gasteiger partial charge on any atom is -0.309 e. The lowest BCUT2D eigenvalue weighted by Gasteiger charge is -2.22. The van der Waals surface area contributed by atoms with Crippen LogP contribution in [0.3, 0.4) is 0 Å². The number of benzene rings is 2. The van der Waals surface area contributed by atoms with Crippen molar-refractivity contribution >= 4 is 11.6 Å². The predicted molar refractivity (Wildman–Crippen MR) is 118 cm³/mol. The zero-order valence-electron chi connectivity index (χ0n) is 16.9. The number of nitrogens with one attached hydrogen (secondary N) is 1. The molecule has 5 nitrogen and oxygen atoms in total. The number of halogens is 1. The van der Waals surface area contributed by atoms with Gasteiger partial charge >= 0.3 is 0 Å². The highest BCUT2D eigenvalue weighted by Crippen LogP contribution is 2.21. The van der Waals surface area contributed by atoms with Crippen LogP contribution in [0.5, 0.6) is 0 Å². The van der Waals surface area contributed by atoms with Gasteiger partial charge in [0, 0.05) is 29.7 Å². The third-order valence-corrected chi connectivity index (χ3v) is 5.80. The second kappa shape index (κ2) is 9.53. The van der Waals surface area contributed by atoms with Gasteiger partial charge in [0.05, 0.1) is 6.54 Å². The van der Waals surface area contributed by atoms with Gasteiger partial charge in [0.15, 0.2) is 0 Å². The topological polar surface area (TPSA) is 46.0 Å². The van der Waals surface area contributed by atoms with Crippen molar-refractivity contribution in [3.8, 4) is 11.3 Å². The highest BCUT2D eigenvalue weighted by atomic mass is 35.5. The molecule has 2 heterocycles. The van der Waals surface area contributed by atoms with E-state index in [1.165, 1.54) is 19.4 Å². The molecule has 1 aliphatic heterocycles. The lowest BCUT2D eigenvalue weighted by molar-refractivity contribution is 0.259. The van der Waals surface area contributed by atoms with E-state index in [2.05, 4.69) is 35.3 Å². The first kappa shape index (κ1) is 20.1. The van der Waals surface area contributed by atoms with Gasteiger partial charge in [-0.05, 0) is 43.6 Å². The Hall–Kier alpha value is -2.21. The summed E-state index contributed by atoms with van der Waals surface area (Å²) in [7, 11) is 0. The molecule has 0 saturated carbocycles. The summed E-state index contributed by atoms with van der Waals surface area (Å²) in [6, 6.07) is 18.8. The molecule has 6 heteroatoms. The largest absolute Gasteiger partial charge is 0.309 e. The SMILES string of the molecule is CCN1CCC[C@@H]1CNCc1nn(Cc2cccc(Cl)c2)nc1-c1ccccc1. The summed E-state index contributed by atoms with van der Waals surface area (Å²) >= 11 is 6.13. The second-order valence-electron chi connectivity index (χ2n) is 7.58. The van der Waals surface area contributed by atoms with Crippen LogP contribution in [-0.4, -0.2) is 45.6 Å². The van der Waals surface area contributed by atoms with Crippen LogP contribution in [0.2, 0.25) is 5.02 Å². The molecule has 0 unspecified atom stereocenters. The average Bonchev–Trinajstić information content (AvgIpc) is 3.35. The summed E-state index contributed by atoms with van der Waals surface area (Å²) in [6.45, 7) is 6.89. The summed E-state index contributed by atoms with van der Waals surface area (Å²) in [5.74, 6) is 0. The maximum Gasteiger partial charge on any atom is 0.117 e. The average molecular weight is 410 g/mol. The molecule has 3 aromatic rings. The van der Waals surface area contributed by atoms with Gasteiger partial charge in [0.2, 0.25) is 0 Å². The Labute approximate surface area is 177 Å². The van der Waals surface area contributed by atoms with Gasteiger partial charge in [-0.3, -0.25) is 4.90 Å². The fraction of sp³-hybridized carbons (Fsp3) is 0.391. The van der Waals surface area contributed by atoms with Gasteiger partial charge in [-0.25, -0.2) is 0 Å². The van der Waals surface area contributed by atoms with E-state index in [-0.39, 0.29) is 0 Å². The smallest absolute Gasteiger partial charge is 0.117 e. The molecule has 2 aromatic carbocycles. The molecule has 1 N–H and O–H groups in total. The molecule has 1 aliphatic rings. The van der Waals surface area contributed by atoms with Crippen LogP contribution in [0.4, 0.5) is 0 Å². The van der Waals surface area contributed by atoms with E-state index >= 15 is 0 Å². The summed E-state index contributed by atoms with van der Waals surface area (Å²) in [4.78, 5) is 4.33. The third-order valence-electron chi connectivity index (χ3n) is 5.56. The van der Waals surface area contributed by atoms with Gasteiger partial charge in [-0.15, -0.1) is 0 Å². The number of likely N-dealkylation sites (tertiary alicyclic amines) is 1. The van der Waals surface area contributed by atoms with Crippen molar-refractivity contribution in [2.75, 3.05) is 19.6 Å². The number of nitrogens with zero attached hydrogens (tertiary/aromatic N) is 4. The molecule has 1 aromatic heterocycles.